The van der Waals surface area contributed by atoms with Crippen molar-refractivity contribution in [1.29, 1.82) is 0 Å². The minimum Gasteiger partial charge on any atom is -0.544 e. The zero-order chi connectivity index (χ0) is 16.8. The van der Waals surface area contributed by atoms with Gasteiger partial charge in [-0.1, -0.05) is 11.6 Å². The number of piperidine rings is 1. The first-order chi connectivity index (χ1) is 11.0. The van der Waals surface area contributed by atoms with Gasteiger partial charge in [0.1, 0.15) is 11.8 Å². The van der Waals surface area contributed by atoms with Crippen molar-refractivity contribution in [2.24, 2.45) is 0 Å². The second kappa shape index (κ2) is 8.17. The Hall–Kier alpha value is -1.79. The number of benzene rings is 1. The Kier molecular flexibility index (Phi) is 6.24. The van der Waals surface area contributed by atoms with Crippen molar-refractivity contribution >= 4 is 29.2 Å². The number of carbonyl (C=O) groups is 2. The van der Waals surface area contributed by atoms with Gasteiger partial charge in [0.25, 0.3) is 0 Å². The highest BCUT2D eigenvalue weighted by Crippen LogP contribution is 2.27. The quantitative estimate of drug-likeness (QED) is 0.755. The molecule has 0 unspecified atom stereocenters. The molecule has 1 aromatic carbocycles. The number of carbonyl (C=O) groups excluding carboxylic acids is 2. The maximum atomic E-state index is 12.1. The first kappa shape index (κ1) is 17.6. The van der Waals surface area contributed by atoms with Gasteiger partial charge in [-0.05, 0) is 37.5 Å². The molecule has 2 N–H and O–H groups in total. The number of hydrogen-bond donors (Lipinski definition) is 2. The van der Waals surface area contributed by atoms with Crippen molar-refractivity contribution in [2.45, 2.75) is 31.7 Å². The Balaban J connectivity index is 1.98. The molecule has 0 aromatic heterocycles. The van der Waals surface area contributed by atoms with Crippen LogP contribution < -0.4 is 20.1 Å². The topological polar surface area (TPSA) is 82.9 Å². The number of halogens is 1. The van der Waals surface area contributed by atoms with Gasteiger partial charge in [-0.3, -0.25) is 4.79 Å². The Morgan fingerprint density at radius 3 is 2.61 bits per heavy atom. The van der Waals surface area contributed by atoms with Gasteiger partial charge in [0.15, 0.2) is 0 Å². The van der Waals surface area contributed by atoms with Crippen LogP contribution in [0.2, 0.25) is 5.02 Å². The van der Waals surface area contributed by atoms with Crippen LogP contribution in [0.1, 0.15) is 25.7 Å². The number of quaternary nitrogens is 1. The monoisotopic (exact) mass is 340 g/mol. The fourth-order valence-electron chi connectivity index (χ4n) is 2.89. The number of likely N-dealkylation sites (tertiary alicyclic amines) is 1. The number of nitrogens with one attached hydrogen (secondary N) is 2. The molecule has 1 heterocycles. The molecule has 6 nitrogen and oxygen atoms in total. The lowest BCUT2D eigenvalue weighted by Gasteiger charge is -2.31. The van der Waals surface area contributed by atoms with Gasteiger partial charge in [0.05, 0.1) is 37.6 Å². The number of ether oxygens (including phenoxy) is 1. The van der Waals surface area contributed by atoms with E-state index in [1.807, 2.05) is 0 Å². The fraction of sp³-hybridized carbons (Fsp3) is 0.500. The van der Waals surface area contributed by atoms with E-state index in [1.165, 1.54) is 7.11 Å². The SMILES string of the molecule is COc1ccc(NC(=O)C[C@@H](C(=O)[O-])[NH+]2CCCCC2)cc1Cl. The number of rotatable bonds is 6. The number of amides is 1. The van der Waals surface area contributed by atoms with Crippen LogP contribution in [0.15, 0.2) is 18.2 Å². The van der Waals surface area contributed by atoms with Crippen molar-refractivity contribution in [3.63, 3.8) is 0 Å². The predicted molar refractivity (Wildman–Crippen MR) is 84.6 cm³/mol. The van der Waals surface area contributed by atoms with Crippen LogP contribution in [0.25, 0.3) is 0 Å². The summed E-state index contributed by atoms with van der Waals surface area (Å²) in [5.41, 5.74) is 0.506. The van der Waals surface area contributed by atoms with Gasteiger partial charge < -0.3 is 24.9 Å². The van der Waals surface area contributed by atoms with Crippen LogP contribution in [-0.2, 0) is 9.59 Å². The number of aliphatic carboxylic acids is 1. The van der Waals surface area contributed by atoms with Crippen LogP contribution in [0.5, 0.6) is 5.75 Å². The molecule has 7 heteroatoms. The van der Waals surface area contributed by atoms with E-state index < -0.39 is 12.0 Å². The average molecular weight is 341 g/mol. The first-order valence-electron chi connectivity index (χ1n) is 7.70. The smallest absolute Gasteiger partial charge is 0.230 e. The van der Waals surface area contributed by atoms with E-state index in [0.29, 0.717) is 16.5 Å². The summed E-state index contributed by atoms with van der Waals surface area (Å²) < 4.78 is 5.05. The lowest BCUT2D eigenvalue weighted by atomic mass is 10.1. The third-order valence-corrected chi connectivity index (χ3v) is 4.39. The van der Waals surface area contributed by atoms with E-state index in [-0.39, 0.29) is 12.3 Å². The Labute approximate surface area is 140 Å². The Morgan fingerprint density at radius 2 is 2.04 bits per heavy atom. The molecule has 23 heavy (non-hydrogen) atoms. The van der Waals surface area contributed by atoms with Crippen LogP contribution in [0.3, 0.4) is 0 Å². The minimum atomic E-state index is -1.18. The molecule has 2 rings (SSSR count). The molecule has 1 amide bonds. The summed E-state index contributed by atoms with van der Waals surface area (Å²) in [7, 11) is 1.51. The molecule has 0 bridgehead atoms. The van der Waals surface area contributed by atoms with Crippen LogP contribution in [0, 0.1) is 0 Å². The molecule has 1 saturated heterocycles. The summed E-state index contributed by atoms with van der Waals surface area (Å²) in [6.07, 6.45) is 2.96. The maximum Gasteiger partial charge on any atom is 0.230 e. The molecular formula is C16H21ClN2O4. The minimum absolute atomic E-state index is 0.110. The van der Waals surface area contributed by atoms with E-state index in [1.54, 1.807) is 18.2 Å². The van der Waals surface area contributed by atoms with Crippen molar-refractivity contribution in [2.75, 3.05) is 25.5 Å². The zero-order valence-corrected chi connectivity index (χ0v) is 13.8. The molecule has 1 aromatic rings. The molecule has 1 atom stereocenters. The van der Waals surface area contributed by atoms with Gasteiger partial charge in [0, 0.05) is 5.69 Å². The molecule has 0 spiro atoms. The zero-order valence-electron chi connectivity index (χ0n) is 13.1. The molecule has 1 aliphatic heterocycles. The Bertz CT molecular complexity index is 573. The normalized spacial score (nSPS) is 16.6. The molecule has 0 aliphatic carbocycles. The fourth-order valence-corrected chi connectivity index (χ4v) is 3.15. The number of methoxy groups -OCH3 is 1. The number of carboxylic acids is 1. The van der Waals surface area contributed by atoms with Gasteiger partial charge in [-0.15, -0.1) is 0 Å². The molecule has 1 aliphatic rings. The van der Waals surface area contributed by atoms with E-state index in [4.69, 9.17) is 16.3 Å². The van der Waals surface area contributed by atoms with Gasteiger partial charge in [-0.2, -0.15) is 0 Å². The standard InChI is InChI=1S/C16H21ClN2O4/c1-23-14-6-5-11(9-12(14)17)18-15(20)10-13(16(21)22)19-7-3-2-4-8-19/h5-6,9,13H,2-4,7-8,10H2,1H3,(H,18,20)(H,21,22)/t13-/m0/s1. The number of anilines is 1. The summed E-state index contributed by atoms with van der Waals surface area (Å²) in [6.45, 7) is 1.53. The third kappa shape index (κ3) is 4.84. The highest BCUT2D eigenvalue weighted by Gasteiger charge is 2.27. The summed E-state index contributed by atoms with van der Waals surface area (Å²) in [6, 6.07) is 4.05. The van der Waals surface area contributed by atoms with Crippen LogP contribution >= 0.6 is 11.6 Å². The lowest BCUT2D eigenvalue weighted by Crippen LogP contribution is -3.18. The number of hydrogen-bond acceptors (Lipinski definition) is 4. The molecule has 126 valence electrons. The molecular weight excluding hydrogens is 320 g/mol. The highest BCUT2D eigenvalue weighted by atomic mass is 35.5. The largest absolute Gasteiger partial charge is 0.544 e. The van der Waals surface area contributed by atoms with Crippen molar-refractivity contribution < 1.29 is 24.3 Å². The summed E-state index contributed by atoms with van der Waals surface area (Å²) in [5, 5.41) is 14.4. The van der Waals surface area contributed by atoms with Crippen molar-refractivity contribution in [1.82, 2.24) is 0 Å². The maximum absolute atomic E-state index is 12.1. The molecule has 0 saturated carbocycles. The van der Waals surface area contributed by atoms with Crippen LogP contribution in [0.4, 0.5) is 5.69 Å². The van der Waals surface area contributed by atoms with E-state index >= 15 is 0 Å². The second-order valence-corrected chi connectivity index (χ2v) is 6.10. The van der Waals surface area contributed by atoms with Gasteiger partial charge in [0.2, 0.25) is 5.91 Å². The summed E-state index contributed by atoms with van der Waals surface area (Å²) in [5.74, 6) is -1.03. The van der Waals surface area contributed by atoms with E-state index in [0.717, 1.165) is 37.3 Å². The van der Waals surface area contributed by atoms with E-state index in [9.17, 15) is 14.7 Å². The summed E-state index contributed by atoms with van der Waals surface area (Å²) in [4.78, 5) is 24.4. The first-order valence-corrected chi connectivity index (χ1v) is 8.08. The van der Waals surface area contributed by atoms with Gasteiger partial charge >= 0.3 is 0 Å². The third-order valence-electron chi connectivity index (χ3n) is 4.10. The van der Waals surface area contributed by atoms with Gasteiger partial charge in [-0.25, -0.2) is 0 Å². The average Bonchev–Trinajstić information content (AvgIpc) is 2.53. The molecule has 0 radical (unpaired) electrons. The number of carboxylic acid groups (broad SMARTS) is 1. The predicted octanol–water partition coefficient (Wildman–Crippen LogP) is -0.135. The van der Waals surface area contributed by atoms with Crippen LogP contribution in [-0.4, -0.2) is 38.1 Å². The molecule has 1 fully saturated rings. The van der Waals surface area contributed by atoms with E-state index in [2.05, 4.69) is 5.32 Å². The Morgan fingerprint density at radius 1 is 1.35 bits per heavy atom. The summed E-state index contributed by atoms with van der Waals surface area (Å²) >= 11 is 6.01. The highest BCUT2D eigenvalue weighted by molar-refractivity contribution is 6.32. The van der Waals surface area contributed by atoms with Crippen molar-refractivity contribution in [3.05, 3.63) is 23.2 Å². The second-order valence-electron chi connectivity index (χ2n) is 5.69. The lowest BCUT2D eigenvalue weighted by molar-refractivity contribution is -0.922. The van der Waals surface area contributed by atoms with Crippen molar-refractivity contribution in [3.8, 4) is 5.75 Å².